The van der Waals surface area contributed by atoms with Gasteiger partial charge in [0.15, 0.2) is 0 Å². The Kier molecular flexibility index (Phi) is 9.12. The van der Waals surface area contributed by atoms with Crippen LogP contribution in [0.25, 0.3) is 6.08 Å². The summed E-state index contributed by atoms with van der Waals surface area (Å²) in [6, 6.07) is 8.85. The van der Waals surface area contributed by atoms with Crippen molar-refractivity contribution in [2.45, 2.75) is 52.2 Å². The predicted molar refractivity (Wildman–Crippen MR) is 165 cm³/mol. The number of nitriles is 1. The lowest BCUT2D eigenvalue weighted by Crippen LogP contribution is -2.49. The van der Waals surface area contributed by atoms with E-state index in [0.717, 1.165) is 25.7 Å². The van der Waals surface area contributed by atoms with Gasteiger partial charge in [0.2, 0.25) is 0 Å². The number of anilines is 2. The molecule has 0 radical (unpaired) electrons. The van der Waals surface area contributed by atoms with Crippen LogP contribution in [-0.4, -0.2) is 65.1 Å². The maximum absolute atomic E-state index is 14.5. The van der Waals surface area contributed by atoms with Crippen LogP contribution < -0.4 is 15.4 Å². The fraction of sp³-hybridized carbons (Fsp3) is 0.467. The van der Waals surface area contributed by atoms with Crippen LogP contribution in [-0.2, 0) is 16.1 Å². The molecule has 2 aromatic rings. The number of halogens is 1. The number of thioether (sulfide) groups is 1. The minimum atomic E-state index is -0.326. The molecule has 11 heteroatoms. The molecule has 1 aromatic heterocycles. The number of benzene rings is 1. The number of nitrogens with zero attached hydrogens (tertiary/aromatic N) is 5. The smallest absolute Gasteiger partial charge is 0.270 e. The Hall–Kier alpha value is -3.20. The maximum atomic E-state index is 14.5. The van der Waals surface area contributed by atoms with Crippen LogP contribution in [0.2, 0.25) is 0 Å². The second-order valence-electron chi connectivity index (χ2n) is 10.5. The van der Waals surface area contributed by atoms with Crippen molar-refractivity contribution in [1.82, 2.24) is 9.47 Å². The van der Waals surface area contributed by atoms with E-state index in [1.54, 1.807) is 34.6 Å². The number of pyridine rings is 1. The molecule has 216 valence electrons. The van der Waals surface area contributed by atoms with Gasteiger partial charge in [-0.15, -0.1) is 0 Å². The highest BCUT2D eigenvalue weighted by Crippen LogP contribution is 2.37. The highest BCUT2D eigenvalue weighted by Gasteiger charge is 2.36. The highest BCUT2D eigenvalue weighted by atomic mass is 32.2. The third-order valence-electron chi connectivity index (χ3n) is 7.91. The minimum Gasteiger partial charge on any atom is -0.376 e. The Morgan fingerprint density at radius 1 is 1.20 bits per heavy atom. The van der Waals surface area contributed by atoms with Gasteiger partial charge in [0.1, 0.15) is 27.6 Å². The van der Waals surface area contributed by atoms with Crippen LogP contribution >= 0.6 is 24.0 Å². The SMILES string of the molecule is CCCCn1c(N2CCN(c3ccccc3F)CC2)c(C=C2SC(=S)N(CC3CCCO3)C2=O)c(C)c(C#N)c1=O. The van der Waals surface area contributed by atoms with Gasteiger partial charge in [-0.3, -0.25) is 19.1 Å². The van der Waals surface area contributed by atoms with Crippen LogP contribution in [0.4, 0.5) is 15.9 Å². The van der Waals surface area contributed by atoms with Gasteiger partial charge in [-0.05, 0) is 50.0 Å². The number of unbranched alkanes of at least 4 members (excludes halogenated alkanes) is 1. The number of carbonyl (C=O) groups is 1. The van der Waals surface area contributed by atoms with E-state index in [9.17, 15) is 19.2 Å². The number of thiocarbonyl (C=S) groups is 1. The number of hydrogen-bond donors (Lipinski definition) is 0. The average molecular weight is 596 g/mol. The summed E-state index contributed by atoms with van der Waals surface area (Å²) in [5, 5.41) is 9.96. The molecule has 41 heavy (non-hydrogen) atoms. The molecule has 3 saturated heterocycles. The molecule has 0 aliphatic carbocycles. The molecular formula is C30H34FN5O3S2. The summed E-state index contributed by atoms with van der Waals surface area (Å²) in [5.41, 5.74) is 1.53. The van der Waals surface area contributed by atoms with Crippen LogP contribution in [0.3, 0.4) is 0 Å². The maximum Gasteiger partial charge on any atom is 0.270 e. The van der Waals surface area contributed by atoms with Gasteiger partial charge in [0.05, 0.1) is 23.2 Å². The van der Waals surface area contributed by atoms with E-state index in [4.69, 9.17) is 17.0 Å². The predicted octanol–water partition coefficient (Wildman–Crippen LogP) is 4.67. The van der Waals surface area contributed by atoms with Gasteiger partial charge in [-0.25, -0.2) is 4.39 Å². The van der Waals surface area contributed by atoms with Crippen molar-refractivity contribution in [2.75, 3.05) is 49.1 Å². The molecule has 1 aromatic carbocycles. The molecule has 3 fully saturated rings. The van der Waals surface area contributed by atoms with Crippen molar-refractivity contribution >= 4 is 51.8 Å². The largest absolute Gasteiger partial charge is 0.376 e. The zero-order valence-corrected chi connectivity index (χ0v) is 25.0. The number of rotatable bonds is 8. The highest BCUT2D eigenvalue weighted by molar-refractivity contribution is 8.26. The quantitative estimate of drug-likeness (QED) is 0.322. The first-order valence-electron chi connectivity index (χ1n) is 14.1. The number of aromatic nitrogens is 1. The summed E-state index contributed by atoms with van der Waals surface area (Å²) >= 11 is 6.82. The van der Waals surface area contributed by atoms with Crippen molar-refractivity contribution in [2.24, 2.45) is 0 Å². The first-order valence-corrected chi connectivity index (χ1v) is 15.3. The monoisotopic (exact) mass is 595 g/mol. The Bertz CT molecular complexity index is 1470. The number of ether oxygens (including phenoxy) is 1. The van der Waals surface area contributed by atoms with Crippen LogP contribution in [0.1, 0.15) is 49.3 Å². The van der Waals surface area contributed by atoms with E-state index in [1.807, 2.05) is 11.0 Å². The molecule has 1 unspecified atom stereocenters. The summed E-state index contributed by atoms with van der Waals surface area (Å²) < 4.78 is 22.4. The Morgan fingerprint density at radius 3 is 2.59 bits per heavy atom. The van der Waals surface area contributed by atoms with Gasteiger partial charge in [-0.1, -0.05) is 49.5 Å². The molecule has 0 saturated carbocycles. The van der Waals surface area contributed by atoms with E-state index in [1.165, 1.54) is 17.8 Å². The number of hydrogen-bond acceptors (Lipinski definition) is 8. The Labute approximate surface area is 249 Å². The number of para-hydroxylation sites is 1. The van der Waals surface area contributed by atoms with Gasteiger partial charge in [0, 0.05) is 44.9 Å². The normalized spacial score (nSPS) is 20.4. The number of amides is 1. The molecule has 4 heterocycles. The first kappa shape index (κ1) is 29.3. The third kappa shape index (κ3) is 5.92. The van der Waals surface area contributed by atoms with Crippen molar-refractivity contribution in [3.8, 4) is 6.07 Å². The second kappa shape index (κ2) is 12.8. The van der Waals surface area contributed by atoms with E-state index in [-0.39, 0.29) is 29.0 Å². The van der Waals surface area contributed by atoms with Gasteiger partial charge in [-0.2, -0.15) is 5.26 Å². The van der Waals surface area contributed by atoms with Crippen molar-refractivity contribution < 1.29 is 13.9 Å². The van der Waals surface area contributed by atoms with Crippen molar-refractivity contribution in [3.63, 3.8) is 0 Å². The van der Waals surface area contributed by atoms with Crippen molar-refractivity contribution in [3.05, 3.63) is 62.0 Å². The molecule has 8 nitrogen and oxygen atoms in total. The van der Waals surface area contributed by atoms with E-state index in [0.29, 0.717) is 77.7 Å². The van der Waals surface area contributed by atoms with Gasteiger partial charge in [0.25, 0.3) is 11.5 Å². The zero-order valence-electron chi connectivity index (χ0n) is 23.4. The van der Waals surface area contributed by atoms with E-state index < -0.39 is 0 Å². The zero-order chi connectivity index (χ0) is 29.1. The number of carbonyl (C=O) groups excluding carboxylic acids is 1. The second-order valence-corrected chi connectivity index (χ2v) is 12.2. The lowest BCUT2D eigenvalue weighted by molar-refractivity contribution is -0.123. The fourth-order valence-electron chi connectivity index (χ4n) is 5.66. The molecule has 3 aliphatic rings. The molecule has 3 aliphatic heterocycles. The topological polar surface area (TPSA) is 81.8 Å². The third-order valence-corrected chi connectivity index (χ3v) is 9.29. The fourth-order valence-corrected chi connectivity index (χ4v) is 6.91. The van der Waals surface area contributed by atoms with Crippen molar-refractivity contribution in [1.29, 1.82) is 5.26 Å². The lowest BCUT2D eigenvalue weighted by atomic mass is 10.0. The molecule has 0 spiro atoms. The number of piperazine rings is 1. The summed E-state index contributed by atoms with van der Waals surface area (Å²) in [7, 11) is 0. The Balaban J connectivity index is 1.54. The minimum absolute atomic E-state index is 0.0268. The average Bonchev–Trinajstić information content (AvgIpc) is 3.58. The van der Waals surface area contributed by atoms with Crippen LogP contribution in [0.15, 0.2) is 34.0 Å². The Morgan fingerprint density at radius 2 is 1.93 bits per heavy atom. The van der Waals surface area contributed by atoms with Gasteiger partial charge >= 0.3 is 0 Å². The summed E-state index contributed by atoms with van der Waals surface area (Å²) in [6.45, 7) is 7.60. The molecule has 1 atom stereocenters. The lowest BCUT2D eigenvalue weighted by Gasteiger charge is -2.39. The molecule has 5 rings (SSSR count). The molecular weight excluding hydrogens is 561 g/mol. The summed E-state index contributed by atoms with van der Waals surface area (Å²) in [4.78, 5) is 33.3. The first-order chi connectivity index (χ1) is 19.8. The summed E-state index contributed by atoms with van der Waals surface area (Å²) in [5.74, 6) is 0.244. The van der Waals surface area contributed by atoms with Crippen LogP contribution in [0.5, 0.6) is 0 Å². The molecule has 1 amide bonds. The van der Waals surface area contributed by atoms with E-state index in [2.05, 4.69) is 17.9 Å². The van der Waals surface area contributed by atoms with Crippen LogP contribution in [0, 0.1) is 24.1 Å². The molecule has 0 bridgehead atoms. The van der Waals surface area contributed by atoms with Gasteiger partial charge < -0.3 is 14.5 Å². The summed E-state index contributed by atoms with van der Waals surface area (Å²) in [6.07, 6.45) is 5.27. The van der Waals surface area contributed by atoms with E-state index >= 15 is 0 Å². The standard InChI is InChI=1S/C30H34FN5O3S2/c1-3-4-11-35-27(34-14-12-33(13-15-34)25-10-6-5-9-24(25)31)22(20(2)23(18-32)28(35)37)17-26-29(38)36(30(40)41-26)19-21-8-7-16-39-21/h5-6,9-10,17,21H,3-4,7-8,11-16,19H2,1-2H3. The molecule has 0 N–H and O–H groups in total.